The number of hydrogen-bond donors (Lipinski definition) is 1. The molecule has 0 radical (unpaired) electrons. The van der Waals surface area contributed by atoms with Crippen LogP contribution in [0, 0.1) is 5.41 Å². The lowest BCUT2D eigenvalue weighted by Crippen LogP contribution is -2.47. The quantitative estimate of drug-likeness (QED) is 0.831. The maximum absolute atomic E-state index is 5.91. The molecule has 1 heterocycles. The summed E-state index contributed by atoms with van der Waals surface area (Å²) in [6.07, 6.45) is 2.50. The van der Waals surface area contributed by atoms with E-state index >= 15 is 0 Å². The van der Waals surface area contributed by atoms with Crippen molar-refractivity contribution in [3.8, 4) is 0 Å². The lowest BCUT2D eigenvalue weighted by Gasteiger charge is -2.36. The molecule has 1 saturated heterocycles. The van der Waals surface area contributed by atoms with Crippen LogP contribution in [-0.2, 0) is 9.47 Å². The maximum Gasteiger partial charge on any atom is 0.0617 e. The molecule has 0 aromatic carbocycles. The van der Waals surface area contributed by atoms with Crippen molar-refractivity contribution >= 4 is 0 Å². The highest BCUT2D eigenvalue weighted by Crippen LogP contribution is 2.38. The fourth-order valence-corrected chi connectivity index (χ4v) is 2.47. The van der Waals surface area contributed by atoms with Gasteiger partial charge < -0.3 is 14.8 Å². The Balaban J connectivity index is 2.56. The topological polar surface area (TPSA) is 30.5 Å². The minimum absolute atomic E-state index is 0.0542. The van der Waals surface area contributed by atoms with E-state index < -0.39 is 0 Å². The van der Waals surface area contributed by atoms with Gasteiger partial charge in [0.05, 0.1) is 11.7 Å². The molecule has 1 aliphatic rings. The van der Waals surface area contributed by atoms with E-state index in [1.807, 2.05) is 0 Å². The van der Waals surface area contributed by atoms with Crippen molar-refractivity contribution in [2.75, 3.05) is 19.8 Å². The van der Waals surface area contributed by atoms with Crippen LogP contribution in [0.2, 0.25) is 0 Å². The minimum Gasteiger partial charge on any atom is -0.378 e. The Hall–Kier alpha value is -0.120. The molecular weight excluding hydrogens is 238 g/mol. The molecule has 0 amide bonds. The Kier molecular flexibility index (Phi) is 5.44. The fourth-order valence-electron chi connectivity index (χ4n) is 2.47. The van der Waals surface area contributed by atoms with E-state index in [-0.39, 0.29) is 16.6 Å². The molecule has 1 fully saturated rings. The average molecular weight is 271 g/mol. The van der Waals surface area contributed by atoms with E-state index in [1.54, 1.807) is 0 Å². The van der Waals surface area contributed by atoms with Crippen molar-refractivity contribution < 1.29 is 9.47 Å². The van der Waals surface area contributed by atoms with Gasteiger partial charge in [0.2, 0.25) is 0 Å². The molecule has 1 N–H and O–H groups in total. The van der Waals surface area contributed by atoms with Gasteiger partial charge in [-0.1, -0.05) is 0 Å². The third-order valence-electron chi connectivity index (χ3n) is 3.94. The molecule has 2 atom stereocenters. The Labute approximate surface area is 119 Å². The fraction of sp³-hybridized carbons (Fsp3) is 1.00. The Morgan fingerprint density at radius 1 is 1.21 bits per heavy atom. The van der Waals surface area contributed by atoms with E-state index in [1.165, 1.54) is 0 Å². The average Bonchev–Trinajstić information content (AvgIpc) is 2.55. The zero-order valence-electron chi connectivity index (χ0n) is 13.9. The SMILES string of the molecule is CC1OCCC1(CCOC(C)(C)C)CNC(C)(C)C. The highest BCUT2D eigenvalue weighted by molar-refractivity contribution is 4.93. The molecule has 0 spiro atoms. The van der Waals surface area contributed by atoms with Crippen LogP contribution < -0.4 is 5.32 Å². The first-order valence-electron chi connectivity index (χ1n) is 7.55. The molecule has 3 nitrogen and oxygen atoms in total. The van der Waals surface area contributed by atoms with Gasteiger partial charge in [-0.05, 0) is 61.3 Å². The minimum atomic E-state index is -0.0542. The van der Waals surface area contributed by atoms with Crippen LogP contribution in [0.25, 0.3) is 0 Å². The van der Waals surface area contributed by atoms with Crippen LogP contribution in [0.5, 0.6) is 0 Å². The van der Waals surface area contributed by atoms with Gasteiger partial charge in [0, 0.05) is 30.7 Å². The van der Waals surface area contributed by atoms with Gasteiger partial charge in [0.1, 0.15) is 0 Å². The third kappa shape index (κ3) is 5.80. The Morgan fingerprint density at radius 3 is 2.26 bits per heavy atom. The van der Waals surface area contributed by atoms with Crippen LogP contribution >= 0.6 is 0 Å². The van der Waals surface area contributed by atoms with E-state index in [9.17, 15) is 0 Å². The van der Waals surface area contributed by atoms with Crippen LogP contribution in [0.3, 0.4) is 0 Å². The molecule has 1 rings (SSSR count). The first-order valence-corrected chi connectivity index (χ1v) is 7.55. The maximum atomic E-state index is 5.91. The van der Waals surface area contributed by atoms with Gasteiger partial charge in [-0.2, -0.15) is 0 Å². The molecule has 0 aromatic rings. The number of ether oxygens (including phenoxy) is 2. The van der Waals surface area contributed by atoms with Gasteiger partial charge in [-0.3, -0.25) is 0 Å². The zero-order valence-corrected chi connectivity index (χ0v) is 13.9. The highest BCUT2D eigenvalue weighted by Gasteiger charge is 2.41. The van der Waals surface area contributed by atoms with Crippen molar-refractivity contribution in [3.05, 3.63) is 0 Å². The zero-order chi connectivity index (χ0) is 14.7. The lowest BCUT2D eigenvalue weighted by molar-refractivity contribution is -0.0306. The van der Waals surface area contributed by atoms with E-state index in [2.05, 4.69) is 53.8 Å². The normalized spacial score (nSPS) is 28.9. The molecule has 114 valence electrons. The molecular formula is C16H33NO2. The van der Waals surface area contributed by atoms with Gasteiger partial charge in [-0.15, -0.1) is 0 Å². The molecule has 0 aliphatic carbocycles. The smallest absolute Gasteiger partial charge is 0.0617 e. The Morgan fingerprint density at radius 2 is 1.84 bits per heavy atom. The molecule has 2 unspecified atom stereocenters. The number of hydrogen-bond acceptors (Lipinski definition) is 3. The summed E-state index contributed by atoms with van der Waals surface area (Å²) in [4.78, 5) is 0. The lowest BCUT2D eigenvalue weighted by atomic mass is 9.78. The Bertz CT molecular complexity index is 277. The van der Waals surface area contributed by atoms with Crippen molar-refractivity contribution in [1.82, 2.24) is 5.32 Å². The summed E-state index contributed by atoms with van der Waals surface area (Å²) in [6, 6.07) is 0. The largest absolute Gasteiger partial charge is 0.378 e. The standard InChI is InChI=1S/C16H33NO2/c1-13-16(8-10-18-13,12-17-14(2,3)4)9-11-19-15(5,6)7/h13,17H,8-12H2,1-7H3. The molecule has 0 saturated carbocycles. The van der Waals surface area contributed by atoms with E-state index in [4.69, 9.17) is 9.47 Å². The monoisotopic (exact) mass is 271 g/mol. The summed E-state index contributed by atoms with van der Waals surface area (Å²) < 4.78 is 11.7. The summed E-state index contributed by atoms with van der Waals surface area (Å²) in [5.41, 5.74) is 0.320. The summed E-state index contributed by atoms with van der Waals surface area (Å²) >= 11 is 0. The molecule has 1 aliphatic heterocycles. The predicted octanol–water partition coefficient (Wildman–Crippen LogP) is 3.37. The highest BCUT2D eigenvalue weighted by atomic mass is 16.5. The van der Waals surface area contributed by atoms with Crippen molar-refractivity contribution in [1.29, 1.82) is 0 Å². The predicted molar refractivity (Wildman–Crippen MR) is 80.5 cm³/mol. The van der Waals surface area contributed by atoms with E-state index in [0.717, 1.165) is 32.6 Å². The number of nitrogens with one attached hydrogen (secondary N) is 1. The molecule has 0 aromatic heterocycles. The second-order valence-corrected chi connectivity index (χ2v) is 7.94. The van der Waals surface area contributed by atoms with Gasteiger partial charge in [0.15, 0.2) is 0 Å². The van der Waals surface area contributed by atoms with Gasteiger partial charge in [0.25, 0.3) is 0 Å². The first-order chi connectivity index (χ1) is 8.54. The number of rotatable bonds is 5. The second kappa shape index (κ2) is 6.11. The molecule has 0 bridgehead atoms. The summed E-state index contributed by atoms with van der Waals surface area (Å²) in [5, 5.41) is 3.65. The van der Waals surface area contributed by atoms with Crippen molar-refractivity contribution in [3.63, 3.8) is 0 Å². The third-order valence-corrected chi connectivity index (χ3v) is 3.94. The second-order valence-electron chi connectivity index (χ2n) is 7.94. The molecule has 3 heteroatoms. The van der Waals surface area contributed by atoms with Crippen LogP contribution in [0.4, 0.5) is 0 Å². The first kappa shape index (κ1) is 16.9. The molecule has 19 heavy (non-hydrogen) atoms. The van der Waals surface area contributed by atoms with E-state index in [0.29, 0.717) is 6.10 Å². The van der Waals surface area contributed by atoms with Crippen LogP contribution in [0.1, 0.15) is 61.3 Å². The van der Waals surface area contributed by atoms with Crippen LogP contribution in [0.15, 0.2) is 0 Å². The van der Waals surface area contributed by atoms with Crippen molar-refractivity contribution in [2.45, 2.75) is 78.6 Å². The summed E-state index contributed by atoms with van der Waals surface area (Å²) in [7, 11) is 0. The van der Waals surface area contributed by atoms with Crippen molar-refractivity contribution in [2.24, 2.45) is 5.41 Å². The summed E-state index contributed by atoms with van der Waals surface area (Å²) in [5.74, 6) is 0. The van der Waals surface area contributed by atoms with Crippen LogP contribution in [-0.4, -0.2) is 37.0 Å². The van der Waals surface area contributed by atoms with Gasteiger partial charge >= 0.3 is 0 Å². The summed E-state index contributed by atoms with van der Waals surface area (Å²) in [6.45, 7) is 17.9. The van der Waals surface area contributed by atoms with Gasteiger partial charge in [-0.25, -0.2) is 0 Å².